The van der Waals surface area contributed by atoms with Crippen LogP contribution in [0, 0.1) is 5.92 Å². The Hall–Kier alpha value is -1.10. The Morgan fingerprint density at radius 3 is 2.22 bits per heavy atom. The second kappa shape index (κ2) is 4.53. The first-order valence-corrected chi connectivity index (χ1v) is 6.98. The van der Waals surface area contributed by atoms with Crippen molar-refractivity contribution in [1.82, 2.24) is 10.2 Å². The fourth-order valence-corrected chi connectivity index (χ4v) is 3.49. The highest BCUT2D eigenvalue weighted by Crippen LogP contribution is 2.36. The molecule has 5 heteroatoms. The van der Waals surface area contributed by atoms with Gasteiger partial charge in [0.15, 0.2) is 0 Å². The molecule has 18 heavy (non-hydrogen) atoms. The molecular formula is C13H21N3O2. The zero-order valence-electron chi connectivity index (χ0n) is 10.6. The quantitative estimate of drug-likeness (QED) is 0.738. The Balaban J connectivity index is 1.57. The lowest BCUT2D eigenvalue weighted by Gasteiger charge is -2.38. The number of nitrogens with zero attached hydrogens (tertiary/aromatic N) is 1. The zero-order chi connectivity index (χ0) is 12.7. The molecule has 2 amide bonds. The minimum absolute atomic E-state index is 0.239. The number of nitrogens with two attached hydrogens (primary N) is 1. The van der Waals surface area contributed by atoms with Gasteiger partial charge in [-0.05, 0) is 38.5 Å². The van der Waals surface area contributed by atoms with Crippen molar-refractivity contribution < 1.29 is 9.59 Å². The van der Waals surface area contributed by atoms with Crippen molar-refractivity contribution in [2.45, 2.75) is 56.7 Å². The normalized spacial score (nSPS) is 35.4. The SMILES string of the molecule is NC(=O)CN1[C@@H]2CC[C@H]1CC(NC(=O)C1CC1)C2. The minimum atomic E-state index is -0.243. The highest BCUT2D eigenvalue weighted by Gasteiger charge is 2.42. The lowest BCUT2D eigenvalue weighted by Crippen LogP contribution is -2.52. The fourth-order valence-electron chi connectivity index (χ4n) is 3.49. The third-order valence-corrected chi connectivity index (χ3v) is 4.52. The third-order valence-electron chi connectivity index (χ3n) is 4.52. The van der Waals surface area contributed by atoms with E-state index in [1.54, 1.807) is 0 Å². The summed E-state index contributed by atoms with van der Waals surface area (Å²) in [5, 5.41) is 3.17. The van der Waals surface area contributed by atoms with E-state index in [0.29, 0.717) is 24.7 Å². The van der Waals surface area contributed by atoms with Crippen molar-refractivity contribution in [2.75, 3.05) is 6.54 Å². The molecular weight excluding hydrogens is 230 g/mol. The Kier molecular flexibility index (Phi) is 3.01. The van der Waals surface area contributed by atoms with Crippen molar-refractivity contribution in [1.29, 1.82) is 0 Å². The predicted molar refractivity (Wildman–Crippen MR) is 66.6 cm³/mol. The Labute approximate surface area is 107 Å². The van der Waals surface area contributed by atoms with Crippen LogP contribution in [0.5, 0.6) is 0 Å². The molecule has 2 aliphatic heterocycles. The zero-order valence-corrected chi connectivity index (χ0v) is 10.6. The number of piperidine rings is 1. The van der Waals surface area contributed by atoms with Crippen LogP contribution in [-0.2, 0) is 9.59 Å². The summed E-state index contributed by atoms with van der Waals surface area (Å²) in [7, 11) is 0. The molecule has 5 nitrogen and oxygen atoms in total. The molecule has 0 radical (unpaired) electrons. The maximum Gasteiger partial charge on any atom is 0.231 e. The average molecular weight is 251 g/mol. The molecule has 3 fully saturated rings. The number of carbonyl (C=O) groups excluding carboxylic acids is 2. The van der Waals surface area contributed by atoms with E-state index >= 15 is 0 Å². The van der Waals surface area contributed by atoms with Crippen LogP contribution < -0.4 is 11.1 Å². The number of rotatable bonds is 4. The van der Waals surface area contributed by atoms with Crippen LogP contribution in [-0.4, -0.2) is 41.4 Å². The number of hydrogen-bond acceptors (Lipinski definition) is 3. The van der Waals surface area contributed by atoms with Crippen molar-refractivity contribution in [2.24, 2.45) is 11.7 Å². The van der Waals surface area contributed by atoms with Crippen molar-refractivity contribution in [3.8, 4) is 0 Å². The number of fused-ring (bicyclic) bond motifs is 2. The van der Waals surface area contributed by atoms with E-state index in [0.717, 1.165) is 38.5 Å². The lowest BCUT2D eigenvalue weighted by molar-refractivity contribution is -0.124. The Bertz CT molecular complexity index is 353. The van der Waals surface area contributed by atoms with E-state index in [9.17, 15) is 9.59 Å². The fraction of sp³-hybridized carbons (Fsp3) is 0.846. The first-order valence-electron chi connectivity index (χ1n) is 6.98. The summed E-state index contributed by atoms with van der Waals surface area (Å²) in [6, 6.07) is 1.17. The van der Waals surface area contributed by atoms with Gasteiger partial charge < -0.3 is 11.1 Å². The van der Waals surface area contributed by atoms with Crippen molar-refractivity contribution in [3.63, 3.8) is 0 Å². The lowest BCUT2D eigenvalue weighted by atomic mass is 9.97. The first-order chi connectivity index (χ1) is 8.63. The number of carbonyl (C=O) groups is 2. The molecule has 3 atom stereocenters. The average Bonchev–Trinajstić information content (AvgIpc) is 3.10. The smallest absolute Gasteiger partial charge is 0.231 e. The second-order valence-corrected chi connectivity index (χ2v) is 5.97. The molecule has 3 N–H and O–H groups in total. The van der Waals surface area contributed by atoms with Gasteiger partial charge in [-0.25, -0.2) is 0 Å². The molecule has 3 rings (SSSR count). The van der Waals surface area contributed by atoms with E-state index in [1.165, 1.54) is 0 Å². The van der Waals surface area contributed by atoms with E-state index in [1.807, 2.05) is 0 Å². The summed E-state index contributed by atoms with van der Waals surface area (Å²) in [4.78, 5) is 25.1. The van der Waals surface area contributed by atoms with Gasteiger partial charge in [0.05, 0.1) is 6.54 Å². The van der Waals surface area contributed by atoms with Gasteiger partial charge >= 0.3 is 0 Å². The summed E-state index contributed by atoms with van der Waals surface area (Å²) in [6.45, 7) is 0.374. The molecule has 0 aromatic heterocycles. The van der Waals surface area contributed by atoms with E-state index in [4.69, 9.17) is 5.73 Å². The molecule has 2 bridgehead atoms. The van der Waals surface area contributed by atoms with E-state index in [2.05, 4.69) is 10.2 Å². The summed E-state index contributed by atoms with van der Waals surface area (Å²) < 4.78 is 0. The Morgan fingerprint density at radius 1 is 1.11 bits per heavy atom. The molecule has 3 aliphatic rings. The number of nitrogens with one attached hydrogen (secondary N) is 1. The number of primary amides is 1. The van der Waals surface area contributed by atoms with Crippen LogP contribution >= 0.6 is 0 Å². The topological polar surface area (TPSA) is 75.4 Å². The second-order valence-electron chi connectivity index (χ2n) is 5.97. The van der Waals surface area contributed by atoms with Gasteiger partial charge in [-0.15, -0.1) is 0 Å². The predicted octanol–water partition coefficient (Wildman–Crippen LogP) is -0.00670. The van der Waals surface area contributed by atoms with Gasteiger partial charge in [0.25, 0.3) is 0 Å². The van der Waals surface area contributed by atoms with Gasteiger partial charge in [-0.2, -0.15) is 0 Å². The maximum absolute atomic E-state index is 11.8. The minimum Gasteiger partial charge on any atom is -0.369 e. The van der Waals surface area contributed by atoms with Gasteiger partial charge in [0.2, 0.25) is 11.8 Å². The van der Waals surface area contributed by atoms with E-state index in [-0.39, 0.29) is 17.7 Å². The van der Waals surface area contributed by atoms with Crippen molar-refractivity contribution in [3.05, 3.63) is 0 Å². The third kappa shape index (κ3) is 2.36. The molecule has 2 saturated heterocycles. The molecule has 1 aliphatic carbocycles. The number of hydrogen-bond donors (Lipinski definition) is 2. The van der Waals surface area contributed by atoms with Gasteiger partial charge in [0.1, 0.15) is 0 Å². The van der Waals surface area contributed by atoms with Gasteiger partial charge in [-0.3, -0.25) is 14.5 Å². The molecule has 1 saturated carbocycles. The Morgan fingerprint density at radius 2 is 1.72 bits per heavy atom. The summed E-state index contributed by atoms with van der Waals surface area (Å²) in [5.41, 5.74) is 5.29. The molecule has 0 aromatic rings. The summed E-state index contributed by atoms with van der Waals surface area (Å²) in [6.07, 6.45) is 6.32. The van der Waals surface area contributed by atoms with Gasteiger partial charge in [0, 0.05) is 24.0 Å². The van der Waals surface area contributed by atoms with Crippen LogP contribution in [0.25, 0.3) is 0 Å². The van der Waals surface area contributed by atoms with Crippen LogP contribution in [0.3, 0.4) is 0 Å². The molecule has 2 heterocycles. The summed E-state index contributed by atoms with van der Waals surface area (Å²) >= 11 is 0. The van der Waals surface area contributed by atoms with Crippen molar-refractivity contribution >= 4 is 11.8 Å². The maximum atomic E-state index is 11.8. The van der Waals surface area contributed by atoms with Gasteiger partial charge in [-0.1, -0.05) is 0 Å². The van der Waals surface area contributed by atoms with Crippen LogP contribution in [0.2, 0.25) is 0 Å². The van der Waals surface area contributed by atoms with Crippen LogP contribution in [0.1, 0.15) is 38.5 Å². The highest BCUT2D eigenvalue weighted by atomic mass is 16.2. The monoisotopic (exact) mass is 251 g/mol. The number of amides is 2. The van der Waals surface area contributed by atoms with E-state index < -0.39 is 0 Å². The van der Waals surface area contributed by atoms with Crippen LogP contribution in [0.4, 0.5) is 0 Å². The molecule has 1 unspecified atom stereocenters. The molecule has 100 valence electrons. The first kappa shape index (κ1) is 12.0. The largest absolute Gasteiger partial charge is 0.369 e. The molecule has 0 spiro atoms. The molecule has 0 aromatic carbocycles. The van der Waals surface area contributed by atoms with Crippen LogP contribution in [0.15, 0.2) is 0 Å². The standard InChI is InChI=1S/C13H21N3O2/c14-12(17)7-16-10-3-4-11(16)6-9(5-10)15-13(18)8-1-2-8/h8-11H,1-7H2,(H2,14,17)(H,15,18)/t9?,10-,11+. The summed E-state index contributed by atoms with van der Waals surface area (Å²) in [5.74, 6) is 0.279. The highest BCUT2D eigenvalue weighted by molar-refractivity contribution is 5.81.